The summed E-state index contributed by atoms with van der Waals surface area (Å²) in [5, 5.41) is 2.96. The number of rotatable bonds is 4. The number of carbonyl (C=O) groups is 1. The Kier molecular flexibility index (Phi) is 3.31. The third-order valence-electron chi connectivity index (χ3n) is 2.72. The van der Waals surface area contributed by atoms with Gasteiger partial charge in [-0.05, 0) is 31.6 Å². The summed E-state index contributed by atoms with van der Waals surface area (Å²) in [6, 6.07) is -0.0569. The van der Waals surface area contributed by atoms with Gasteiger partial charge in [0.15, 0.2) is 0 Å². The van der Waals surface area contributed by atoms with E-state index in [4.69, 9.17) is 5.73 Å². The average Bonchev–Trinajstić information content (AvgIpc) is 2.84. The number of nitrogens with two attached hydrogens (primary N) is 1. The molecule has 13 heavy (non-hydrogen) atoms. The van der Waals surface area contributed by atoms with Crippen LogP contribution in [0.25, 0.3) is 0 Å². The van der Waals surface area contributed by atoms with E-state index < -0.39 is 0 Å². The van der Waals surface area contributed by atoms with Crippen LogP contribution >= 0.6 is 0 Å². The largest absolute Gasteiger partial charge is 0.352 e. The molecule has 1 fully saturated rings. The van der Waals surface area contributed by atoms with Gasteiger partial charge in [-0.3, -0.25) is 4.79 Å². The summed E-state index contributed by atoms with van der Waals surface area (Å²) in [5.74, 6) is 0.907. The van der Waals surface area contributed by atoms with Crippen LogP contribution in [-0.4, -0.2) is 18.0 Å². The van der Waals surface area contributed by atoms with E-state index in [1.165, 1.54) is 12.8 Å². The van der Waals surface area contributed by atoms with Crippen molar-refractivity contribution < 1.29 is 4.79 Å². The Labute approximate surface area is 80.1 Å². The van der Waals surface area contributed by atoms with Gasteiger partial charge in [-0.1, -0.05) is 13.8 Å². The minimum Gasteiger partial charge on any atom is -0.352 e. The molecule has 1 aliphatic rings. The minimum atomic E-state index is -0.360. The van der Waals surface area contributed by atoms with Crippen molar-refractivity contribution in [2.24, 2.45) is 17.6 Å². The molecule has 0 heterocycles. The molecule has 0 aromatic rings. The van der Waals surface area contributed by atoms with Gasteiger partial charge in [-0.2, -0.15) is 0 Å². The Hall–Kier alpha value is -0.570. The first kappa shape index (κ1) is 10.5. The van der Waals surface area contributed by atoms with Gasteiger partial charge in [0.1, 0.15) is 0 Å². The van der Waals surface area contributed by atoms with E-state index in [2.05, 4.69) is 12.2 Å². The quantitative estimate of drug-likeness (QED) is 0.681. The second-order valence-electron chi connectivity index (χ2n) is 4.40. The highest BCUT2D eigenvalue weighted by molar-refractivity contribution is 5.82. The van der Waals surface area contributed by atoms with Gasteiger partial charge in [0, 0.05) is 6.04 Å². The molecule has 0 spiro atoms. The molecule has 1 aliphatic carbocycles. The van der Waals surface area contributed by atoms with Gasteiger partial charge in [-0.25, -0.2) is 0 Å². The van der Waals surface area contributed by atoms with Crippen LogP contribution in [0.4, 0.5) is 0 Å². The van der Waals surface area contributed by atoms with E-state index in [0.717, 1.165) is 0 Å². The van der Waals surface area contributed by atoms with Gasteiger partial charge in [-0.15, -0.1) is 0 Å². The molecule has 0 saturated heterocycles. The number of hydrogen-bond donors (Lipinski definition) is 2. The Balaban J connectivity index is 2.30. The Morgan fingerprint density at radius 3 is 2.31 bits per heavy atom. The first-order chi connectivity index (χ1) is 6.02. The molecule has 1 saturated carbocycles. The summed E-state index contributed by atoms with van der Waals surface area (Å²) in [6.45, 7) is 5.99. The highest BCUT2D eigenvalue weighted by atomic mass is 16.2. The lowest BCUT2D eigenvalue weighted by Crippen LogP contribution is -2.47. The molecule has 0 aliphatic heterocycles. The molecule has 76 valence electrons. The first-order valence-electron chi connectivity index (χ1n) is 5.08. The normalized spacial score (nSPS) is 21.3. The summed E-state index contributed by atoms with van der Waals surface area (Å²) in [6.07, 6.45) is 2.50. The van der Waals surface area contributed by atoms with Crippen LogP contribution in [0.3, 0.4) is 0 Å². The fourth-order valence-electron chi connectivity index (χ4n) is 1.34. The third-order valence-corrected chi connectivity index (χ3v) is 2.72. The Morgan fingerprint density at radius 1 is 1.38 bits per heavy atom. The van der Waals surface area contributed by atoms with Gasteiger partial charge in [0.2, 0.25) is 5.91 Å². The minimum absolute atomic E-state index is 0.00519. The lowest BCUT2D eigenvalue weighted by Gasteiger charge is -2.19. The zero-order valence-electron chi connectivity index (χ0n) is 8.71. The van der Waals surface area contributed by atoms with Crippen molar-refractivity contribution in [3.63, 3.8) is 0 Å². The molecular formula is C10H20N2O. The summed E-state index contributed by atoms with van der Waals surface area (Å²) < 4.78 is 0. The molecule has 3 N–H and O–H groups in total. The van der Waals surface area contributed by atoms with E-state index in [1.54, 1.807) is 0 Å². The second-order valence-corrected chi connectivity index (χ2v) is 4.40. The van der Waals surface area contributed by atoms with Crippen LogP contribution in [-0.2, 0) is 4.79 Å². The number of amides is 1. The lowest BCUT2D eigenvalue weighted by molar-refractivity contribution is -0.123. The van der Waals surface area contributed by atoms with Crippen molar-refractivity contribution in [2.75, 3.05) is 0 Å². The lowest BCUT2D eigenvalue weighted by atomic mass is 10.0. The van der Waals surface area contributed by atoms with Crippen molar-refractivity contribution in [1.29, 1.82) is 0 Å². The van der Waals surface area contributed by atoms with Crippen LogP contribution in [0.1, 0.15) is 33.6 Å². The van der Waals surface area contributed by atoms with Gasteiger partial charge >= 0.3 is 0 Å². The summed E-state index contributed by atoms with van der Waals surface area (Å²) in [4.78, 5) is 11.5. The third kappa shape index (κ3) is 2.99. The van der Waals surface area contributed by atoms with Crippen molar-refractivity contribution >= 4 is 5.91 Å². The molecule has 0 aromatic carbocycles. The zero-order chi connectivity index (χ0) is 10.0. The van der Waals surface area contributed by atoms with Crippen LogP contribution < -0.4 is 11.1 Å². The average molecular weight is 184 g/mol. The Bertz CT molecular complexity index is 187. The van der Waals surface area contributed by atoms with Crippen LogP contribution in [0.5, 0.6) is 0 Å². The van der Waals surface area contributed by atoms with E-state index in [-0.39, 0.29) is 17.9 Å². The molecule has 1 amide bonds. The zero-order valence-corrected chi connectivity index (χ0v) is 8.71. The fourth-order valence-corrected chi connectivity index (χ4v) is 1.34. The van der Waals surface area contributed by atoms with Crippen molar-refractivity contribution in [2.45, 2.75) is 45.7 Å². The second kappa shape index (κ2) is 4.09. The predicted molar refractivity (Wildman–Crippen MR) is 53.1 cm³/mol. The smallest absolute Gasteiger partial charge is 0.237 e. The highest BCUT2D eigenvalue weighted by Crippen LogP contribution is 2.32. The van der Waals surface area contributed by atoms with E-state index in [1.807, 2.05) is 13.8 Å². The van der Waals surface area contributed by atoms with Gasteiger partial charge in [0.05, 0.1) is 6.04 Å². The highest BCUT2D eigenvalue weighted by Gasteiger charge is 2.30. The molecule has 3 nitrogen and oxygen atoms in total. The van der Waals surface area contributed by atoms with Gasteiger partial charge in [0.25, 0.3) is 0 Å². The van der Waals surface area contributed by atoms with E-state index in [9.17, 15) is 4.79 Å². The maximum Gasteiger partial charge on any atom is 0.237 e. The summed E-state index contributed by atoms with van der Waals surface area (Å²) in [5.41, 5.74) is 5.72. The number of carbonyl (C=O) groups excluding carboxylic acids is 1. The summed E-state index contributed by atoms with van der Waals surface area (Å²) >= 11 is 0. The van der Waals surface area contributed by atoms with Crippen LogP contribution in [0, 0.1) is 11.8 Å². The van der Waals surface area contributed by atoms with Crippen LogP contribution in [0.2, 0.25) is 0 Å². The topological polar surface area (TPSA) is 55.1 Å². The van der Waals surface area contributed by atoms with Crippen molar-refractivity contribution in [3.8, 4) is 0 Å². The molecule has 2 atom stereocenters. The fraction of sp³-hybridized carbons (Fsp3) is 0.900. The first-order valence-corrected chi connectivity index (χ1v) is 5.08. The van der Waals surface area contributed by atoms with E-state index >= 15 is 0 Å². The molecule has 0 radical (unpaired) electrons. The Morgan fingerprint density at radius 2 is 1.92 bits per heavy atom. The number of nitrogens with one attached hydrogen (secondary N) is 1. The van der Waals surface area contributed by atoms with Crippen molar-refractivity contribution in [3.05, 3.63) is 0 Å². The molecule has 0 bridgehead atoms. The van der Waals surface area contributed by atoms with Crippen LogP contribution in [0.15, 0.2) is 0 Å². The molecular weight excluding hydrogens is 164 g/mol. The standard InChI is InChI=1S/C10H20N2O/c1-6(2)9(11)10(13)12-7(3)8-4-5-8/h6-9H,4-5,11H2,1-3H3,(H,12,13)/t7?,9-/m1/s1. The van der Waals surface area contributed by atoms with Gasteiger partial charge < -0.3 is 11.1 Å². The van der Waals surface area contributed by atoms with Crippen molar-refractivity contribution in [1.82, 2.24) is 5.32 Å². The molecule has 0 aromatic heterocycles. The monoisotopic (exact) mass is 184 g/mol. The number of hydrogen-bond acceptors (Lipinski definition) is 2. The predicted octanol–water partition coefficient (Wildman–Crippen LogP) is 0.884. The maximum absolute atomic E-state index is 11.5. The molecule has 3 heteroatoms. The summed E-state index contributed by atoms with van der Waals surface area (Å²) in [7, 11) is 0. The molecule has 1 rings (SSSR count). The maximum atomic E-state index is 11.5. The SMILES string of the molecule is CC(NC(=O)[C@H](N)C(C)C)C1CC1. The van der Waals surface area contributed by atoms with E-state index in [0.29, 0.717) is 12.0 Å². The molecule has 1 unspecified atom stereocenters.